The topological polar surface area (TPSA) is 154 Å². The van der Waals surface area contributed by atoms with Crippen LogP contribution in [0.3, 0.4) is 0 Å². The summed E-state index contributed by atoms with van der Waals surface area (Å²) < 4.78 is 38.4. The van der Waals surface area contributed by atoms with Gasteiger partial charge in [0.2, 0.25) is 0 Å². The fraction of sp³-hybridized carbons (Fsp3) is 0. The number of furan rings is 1. The Kier molecular flexibility index (Phi) is 20.6. The maximum absolute atomic E-state index is 13.9. The second-order valence-electron chi connectivity index (χ2n) is 37.7. The Morgan fingerprint density at radius 1 is 0.128 bits per heavy atom. The van der Waals surface area contributed by atoms with E-state index in [4.69, 9.17) is 22.1 Å². The second-order valence-corrected chi connectivity index (χ2v) is 37.7. The molecule has 0 radical (unpaired) electrons. The standard InChI is InChI=1S/C43H25NO3.3C31H19NO2/c45-43-42-30(26-21-23-37-35(24-26)31-12-4-6-17-36(31)44(37)28-10-2-1-3-11-28)14-8-16-33(42)32-22-20-27(25-40(32)47-43)29-15-9-19-39-41(29)34-13-5-7-18-38(34)46-39;33-31-30-22(13-8-14-26(30)25-12-5-7-16-29(25)34-31)20-17-18-24-23-11-4-6-15-27(23)32(28(24)19-20)21-9-2-1-3-10-21;33-31-30-22(13-8-14-25(30)24-12-5-7-16-29(24)34-31)20-17-18-28-26(19-20)23-11-4-6-15-27(23)32(28)21-9-2-1-3-10-21;33-31-25-16-14-20(18-26(25)24-11-5-7-13-30(24)34-31)21-15-17-29-27(19-21)23-10-4-6-12-28(23)32(29)22-8-2-1-3-9-22/h1-25H;3*1-19H. The lowest BCUT2D eigenvalue weighted by atomic mass is 9.95. The van der Waals surface area contributed by atoms with Crippen LogP contribution >= 0.6 is 0 Å². The van der Waals surface area contributed by atoms with Gasteiger partial charge in [0, 0.05) is 120 Å². The van der Waals surface area contributed by atoms with Crippen LogP contribution in [0.1, 0.15) is 0 Å². The maximum atomic E-state index is 13.9. The van der Waals surface area contributed by atoms with Gasteiger partial charge in [-0.15, -0.1) is 0 Å². The van der Waals surface area contributed by atoms with Crippen molar-refractivity contribution in [1.82, 2.24) is 18.3 Å². The van der Waals surface area contributed by atoms with Crippen LogP contribution in [0, 0.1) is 0 Å². The van der Waals surface area contributed by atoms with E-state index in [2.05, 4.69) is 316 Å². The number of para-hydroxylation sites is 12. The zero-order valence-corrected chi connectivity index (χ0v) is 79.8. The molecule has 13 nitrogen and oxygen atoms in total. The van der Waals surface area contributed by atoms with Crippen LogP contribution in [0.5, 0.6) is 0 Å². The smallest absolute Gasteiger partial charge is 0.344 e. The van der Waals surface area contributed by atoms with Crippen LogP contribution in [-0.2, 0) is 0 Å². The molecule has 22 aromatic carbocycles. The summed E-state index contributed by atoms with van der Waals surface area (Å²) in [5.74, 6) is 0. The molecule has 0 saturated carbocycles. The molecule has 0 spiro atoms. The summed E-state index contributed by atoms with van der Waals surface area (Å²) in [7, 11) is 0. The molecule has 0 bridgehead atoms. The fourth-order valence-electron chi connectivity index (χ4n) is 22.8. The molecule has 31 rings (SSSR count). The molecular formula is C136H82N4O9. The van der Waals surface area contributed by atoms with Crippen molar-refractivity contribution in [3.05, 3.63) is 539 Å². The van der Waals surface area contributed by atoms with Gasteiger partial charge in [-0.3, -0.25) is 0 Å². The van der Waals surface area contributed by atoms with Crippen molar-refractivity contribution >= 4 is 196 Å². The van der Waals surface area contributed by atoms with E-state index in [1.165, 1.54) is 43.4 Å². The van der Waals surface area contributed by atoms with E-state index < -0.39 is 0 Å². The lowest BCUT2D eigenvalue weighted by Crippen LogP contribution is -2.02. The highest BCUT2D eigenvalue weighted by Gasteiger charge is 2.25. The highest BCUT2D eigenvalue weighted by molar-refractivity contribution is 6.20. The van der Waals surface area contributed by atoms with Crippen molar-refractivity contribution in [3.8, 4) is 78.4 Å². The van der Waals surface area contributed by atoms with Gasteiger partial charge >= 0.3 is 22.5 Å². The minimum Gasteiger partial charge on any atom is -0.456 e. The van der Waals surface area contributed by atoms with Gasteiger partial charge in [-0.25, -0.2) is 19.2 Å². The van der Waals surface area contributed by atoms with Crippen LogP contribution < -0.4 is 22.5 Å². The molecule has 0 aliphatic carbocycles. The molecule has 13 heteroatoms. The molecule has 0 saturated heterocycles. The van der Waals surface area contributed by atoms with Gasteiger partial charge < -0.3 is 40.4 Å². The predicted octanol–water partition coefficient (Wildman–Crippen LogP) is 34.4. The monoisotopic (exact) mass is 1910 g/mol. The lowest BCUT2D eigenvalue weighted by Gasteiger charge is -2.11. The maximum Gasteiger partial charge on any atom is 0.344 e. The summed E-state index contributed by atoms with van der Waals surface area (Å²) in [5, 5.41) is 21.3. The Morgan fingerprint density at radius 2 is 0.376 bits per heavy atom. The third-order valence-electron chi connectivity index (χ3n) is 29.4. The molecule has 0 N–H and O–H groups in total. The average Bonchev–Trinajstić information content (AvgIpc) is 1.66. The highest BCUT2D eigenvalue weighted by atomic mass is 16.4. The van der Waals surface area contributed by atoms with Crippen molar-refractivity contribution in [2.24, 2.45) is 0 Å². The first-order chi connectivity index (χ1) is 73.6. The fourth-order valence-corrected chi connectivity index (χ4v) is 22.8. The second kappa shape index (κ2) is 35.4. The quantitative estimate of drug-likeness (QED) is 0.101. The van der Waals surface area contributed by atoms with Crippen molar-refractivity contribution < 1.29 is 22.1 Å². The third-order valence-corrected chi connectivity index (χ3v) is 29.4. The molecule has 0 amide bonds. The van der Waals surface area contributed by atoms with Gasteiger partial charge in [-0.2, -0.15) is 0 Å². The van der Waals surface area contributed by atoms with Crippen molar-refractivity contribution in [2.75, 3.05) is 0 Å². The number of fused-ring (bicyclic) bond motifs is 27. The van der Waals surface area contributed by atoms with Gasteiger partial charge in [0.25, 0.3) is 0 Å². The Bertz CT molecular complexity index is 11200. The van der Waals surface area contributed by atoms with Crippen LogP contribution in [0.15, 0.2) is 539 Å². The predicted molar refractivity (Wildman–Crippen MR) is 612 cm³/mol. The van der Waals surface area contributed by atoms with Gasteiger partial charge in [0.15, 0.2) is 0 Å². The van der Waals surface area contributed by atoms with Crippen molar-refractivity contribution in [3.63, 3.8) is 0 Å². The summed E-state index contributed by atoms with van der Waals surface area (Å²) in [5.41, 5.74) is 26.2. The minimum atomic E-state index is -0.348. The molecule has 700 valence electrons. The number of rotatable bonds is 9. The number of hydrogen-bond acceptors (Lipinski definition) is 9. The summed E-state index contributed by atoms with van der Waals surface area (Å²) in [6.45, 7) is 0. The summed E-state index contributed by atoms with van der Waals surface area (Å²) >= 11 is 0. The molecule has 9 heterocycles. The van der Waals surface area contributed by atoms with Crippen LogP contribution in [0.2, 0.25) is 0 Å². The first-order valence-corrected chi connectivity index (χ1v) is 49.7. The number of aromatic nitrogens is 4. The number of nitrogens with zero attached hydrogens (tertiary/aromatic N) is 4. The molecule has 0 aliphatic heterocycles. The van der Waals surface area contributed by atoms with Crippen LogP contribution in [0.25, 0.3) is 275 Å². The molecule has 0 unspecified atom stereocenters. The highest BCUT2D eigenvalue weighted by Crippen LogP contribution is 2.46. The molecule has 0 atom stereocenters. The Balaban J connectivity index is 0.0000000966. The Morgan fingerprint density at radius 3 is 0.805 bits per heavy atom. The summed E-state index contributed by atoms with van der Waals surface area (Å²) in [4.78, 5) is 52.6. The van der Waals surface area contributed by atoms with Gasteiger partial charge in [0.1, 0.15) is 33.5 Å². The molecular weight excluding hydrogens is 1830 g/mol. The molecule has 149 heavy (non-hydrogen) atoms. The summed E-state index contributed by atoms with van der Waals surface area (Å²) in [6, 6.07) is 169. The van der Waals surface area contributed by atoms with Crippen molar-refractivity contribution in [2.45, 2.75) is 0 Å². The third kappa shape index (κ3) is 14.5. The average molecular weight is 1920 g/mol. The van der Waals surface area contributed by atoms with Gasteiger partial charge in [-0.1, -0.05) is 328 Å². The lowest BCUT2D eigenvalue weighted by molar-refractivity contribution is 0.569. The first kappa shape index (κ1) is 86.6. The van der Waals surface area contributed by atoms with Gasteiger partial charge in [-0.05, 0) is 225 Å². The Labute approximate surface area is 848 Å². The molecule has 31 aromatic rings. The zero-order valence-electron chi connectivity index (χ0n) is 79.8. The first-order valence-electron chi connectivity index (χ1n) is 49.7. The number of benzene rings is 22. The largest absolute Gasteiger partial charge is 0.456 e. The van der Waals surface area contributed by atoms with E-state index in [1.807, 2.05) is 200 Å². The van der Waals surface area contributed by atoms with E-state index in [9.17, 15) is 19.2 Å². The van der Waals surface area contributed by atoms with Crippen molar-refractivity contribution in [1.29, 1.82) is 0 Å². The molecule has 9 aromatic heterocycles. The molecule has 0 fully saturated rings. The Hall–Kier alpha value is -20.3. The summed E-state index contributed by atoms with van der Waals surface area (Å²) in [6.07, 6.45) is 0. The normalized spacial score (nSPS) is 11.7. The minimum absolute atomic E-state index is 0.304. The van der Waals surface area contributed by atoms with Crippen LogP contribution in [-0.4, -0.2) is 18.3 Å². The van der Waals surface area contributed by atoms with Crippen LogP contribution in [0.4, 0.5) is 0 Å². The van der Waals surface area contributed by atoms with E-state index >= 15 is 0 Å². The van der Waals surface area contributed by atoms with E-state index in [1.54, 1.807) is 0 Å². The number of hydrogen-bond donors (Lipinski definition) is 0. The zero-order chi connectivity index (χ0) is 99.0. The molecule has 0 aliphatic rings. The van der Waals surface area contributed by atoms with E-state index in [0.29, 0.717) is 43.9 Å². The SMILES string of the molecule is O=c1oc2cc(-c3cccc4oc5ccccc5c34)ccc2c2cccc(-c3ccc4c(c3)c3ccccc3n4-c3ccccc3)c12.O=c1oc2ccccc2c2cc(-c3ccc4c(c3)c3ccccc3n4-c3ccccc3)ccc12.O=c1oc2ccccc2c2cccc(-c3ccc4c(c3)c3ccccc3n4-c3ccccc3)c12.O=c1oc2ccccc2c2cccc(-c3ccc4c5ccccc5n(-c5ccccc5)c4c3)c12. The van der Waals surface area contributed by atoms with E-state index in [-0.39, 0.29) is 22.5 Å². The van der Waals surface area contributed by atoms with Gasteiger partial charge in [0.05, 0.1) is 65.7 Å². The van der Waals surface area contributed by atoms with E-state index in [0.717, 1.165) is 187 Å².